The highest BCUT2D eigenvalue weighted by Gasteiger charge is 2.16. The molecule has 21 heavy (non-hydrogen) atoms. The van der Waals surface area contributed by atoms with Crippen molar-refractivity contribution in [2.24, 2.45) is 0 Å². The maximum Gasteiger partial charge on any atom is 0.341 e. The molecule has 0 saturated carbocycles. The summed E-state index contributed by atoms with van der Waals surface area (Å²) < 4.78 is 15.3. The summed E-state index contributed by atoms with van der Waals surface area (Å²) in [6.45, 7) is 0.201. The Morgan fingerprint density at radius 1 is 1.33 bits per heavy atom. The number of anilines is 3. The minimum absolute atomic E-state index is 0.201. The molecule has 0 fully saturated rings. The predicted octanol–water partition coefficient (Wildman–Crippen LogP) is 1.92. The fourth-order valence-corrected chi connectivity index (χ4v) is 1.96. The van der Waals surface area contributed by atoms with E-state index in [1.165, 1.54) is 19.4 Å². The molecule has 2 aromatic rings. The topological polar surface area (TPSA) is 95.7 Å². The maximum absolute atomic E-state index is 11.8. The first-order valence-corrected chi connectivity index (χ1v) is 6.18. The third-order valence-electron chi connectivity index (χ3n) is 2.95. The molecule has 7 heteroatoms. The van der Waals surface area contributed by atoms with Gasteiger partial charge < -0.3 is 25.3 Å². The molecule has 1 aromatic carbocycles. The highest BCUT2D eigenvalue weighted by atomic mass is 16.7. The number of nitrogen functional groups attached to an aromatic ring is 1. The minimum atomic E-state index is -0.516. The first-order chi connectivity index (χ1) is 10.2. The fraction of sp³-hybridized carbons (Fsp3) is 0.143. The second-order valence-electron chi connectivity index (χ2n) is 4.35. The van der Waals surface area contributed by atoms with Gasteiger partial charge in [0, 0.05) is 11.8 Å². The third-order valence-corrected chi connectivity index (χ3v) is 2.95. The second-order valence-corrected chi connectivity index (χ2v) is 4.35. The van der Waals surface area contributed by atoms with E-state index in [4.69, 9.17) is 19.9 Å². The van der Waals surface area contributed by atoms with E-state index in [1.54, 1.807) is 18.2 Å². The van der Waals surface area contributed by atoms with Crippen molar-refractivity contribution in [1.82, 2.24) is 4.98 Å². The molecule has 0 radical (unpaired) electrons. The number of rotatable bonds is 3. The molecule has 1 aliphatic rings. The normalized spacial score (nSPS) is 12.0. The summed E-state index contributed by atoms with van der Waals surface area (Å²) in [5.74, 6) is 1.15. The highest BCUT2D eigenvalue weighted by molar-refractivity contribution is 5.96. The smallest absolute Gasteiger partial charge is 0.341 e. The molecule has 0 atom stereocenters. The zero-order valence-corrected chi connectivity index (χ0v) is 11.3. The number of methoxy groups -OCH3 is 1. The number of nitrogens with zero attached hydrogens (tertiary/aromatic N) is 1. The van der Waals surface area contributed by atoms with Crippen LogP contribution in [0.15, 0.2) is 30.5 Å². The molecule has 0 saturated heterocycles. The van der Waals surface area contributed by atoms with E-state index in [0.29, 0.717) is 28.7 Å². The van der Waals surface area contributed by atoms with Crippen LogP contribution in [0.3, 0.4) is 0 Å². The largest absolute Gasteiger partial charge is 0.465 e. The Bertz CT molecular complexity index is 703. The number of nitrogens with two attached hydrogens (primary N) is 1. The van der Waals surface area contributed by atoms with E-state index in [-0.39, 0.29) is 12.4 Å². The monoisotopic (exact) mass is 287 g/mol. The molecular formula is C14H13N3O4. The van der Waals surface area contributed by atoms with Gasteiger partial charge in [-0.2, -0.15) is 0 Å². The highest BCUT2D eigenvalue weighted by Crippen LogP contribution is 2.35. The van der Waals surface area contributed by atoms with Crippen molar-refractivity contribution in [3.63, 3.8) is 0 Å². The van der Waals surface area contributed by atoms with Gasteiger partial charge in [0.1, 0.15) is 11.4 Å². The molecule has 108 valence electrons. The van der Waals surface area contributed by atoms with Gasteiger partial charge in [0.05, 0.1) is 19.0 Å². The summed E-state index contributed by atoms with van der Waals surface area (Å²) in [5, 5.41) is 3.04. The Hall–Kier alpha value is -2.96. The SMILES string of the molecule is COC(=O)c1cc(N)cnc1Nc1ccc2c(c1)OCO2. The van der Waals surface area contributed by atoms with Crippen LogP contribution in [0.2, 0.25) is 0 Å². The lowest BCUT2D eigenvalue weighted by atomic mass is 10.2. The Labute approximate surface area is 120 Å². The average molecular weight is 287 g/mol. The number of hydrogen-bond acceptors (Lipinski definition) is 7. The van der Waals surface area contributed by atoms with E-state index >= 15 is 0 Å². The molecular weight excluding hydrogens is 274 g/mol. The van der Waals surface area contributed by atoms with Crippen LogP contribution in [0.5, 0.6) is 11.5 Å². The number of carbonyl (C=O) groups is 1. The minimum Gasteiger partial charge on any atom is -0.465 e. The zero-order valence-electron chi connectivity index (χ0n) is 11.3. The van der Waals surface area contributed by atoms with Gasteiger partial charge in [0.15, 0.2) is 11.5 Å². The van der Waals surface area contributed by atoms with Gasteiger partial charge >= 0.3 is 5.97 Å². The van der Waals surface area contributed by atoms with Crippen molar-refractivity contribution >= 4 is 23.2 Å². The first-order valence-electron chi connectivity index (χ1n) is 6.18. The molecule has 0 unspecified atom stereocenters. The number of hydrogen-bond donors (Lipinski definition) is 2. The van der Waals surface area contributed by atoms with E-state index in [2.05, 4.69) is 10.3 Å². The van der Waals surface area contributed by atoms with Gasteiger partial charge in [-0.1, -0.05) is 0 Å². The summed E-state index contributed by atoms with van der Waals surface area (Å²) >= 11 is 0. The number of benzene rings is 1. The number of ether oxygens (including phenoxy) is 3. The number of pyridine rings is 1. The summed E-state index contributed by atoms with van der Waals surface area (Å²) in [7, 11) is 1.30. The average Bonchev–Trinajstić information content (AvgIpc) is 2.96. The zero-order chi connectivity index (χ0) is 14.8. The van der Waals surface area contributed by atoms with Crippen LogP contribution in [-0.4, -0.2) is 24.9 Å². The van der Waals surface area contributed by atoms with E-state index in [9.17, 15) is 4.79 Å². The molecule has 0 amide bonds. The van der Waals surface area contributed by atoms with Crippen LogP contribution in [0, 0.1) is 0 Å². The molecule has 0 spiro atoms. The van der Waals surface area contributed by atoms with Crippen LogP contribution in [0.4, 0.5) is 17.2 Å². The molecule has 3 rings (SSSR count). The van der Waals surface area contributed by atoms with E-state index < -0.39 is 5.97 Å². The molecule has 0 aliphatic carbocycles. The summed E-state index contributed by atoms with van der Waals surface area (Å²) in [5.41, 5.74) is 7.00. The second kappa shape index (κ2) is 5.20. The van der Waals surface area contributed by atoms with Crippen LogP contribution in [0.25, 0.3) is 0 Å². The van der Waals surface area contributed by atoms with Crippen molar-refractivity contribution in [2.75, 3.05) is 25.0 Å². The summed E-state index contributed by atoms with van der Waals surface area (Å²) in [4.78, 5) is 15.9. The van der Waals surface area contributed by atoms with E-state index in [1.807, 2.05) is 0 Å². The van der Waals surface area contributed by atoms with Crippen molar-refractivity contribution in [2.45, 2.75) is 0 Å². The lowest BCUT2D eigenvalue weighted by Crippen LogP contribution is -2.08. The van der Waals surface area contributed by atoms with Crippen molar-refractivity contribution in [1.29, 1.82) is 0 Å². The third kappa shape index (κ3) is 2.53. The van der Waals surface area contributed by atoms with Gasteiger partial charge in [0.25, 0.3) is 0 Å². The molecule has 3 N–H and O–H groups in total. The van der Waals surface area contributed by atoms with Crippen molar-refractivity contribution in [3.8, 4) is 11.5 Å². The lowest BCUT2D eigenvalue weighted by molar-refractivity contribution is 0.0601. The Morgan fingerprint density at radius 2 is 2.14 bits per heavy atom. The summed E-state index contributed by atoms with van der Waals surface area (Å²) in [6.07, 6.45) is 1.46. The van der Waals surface area contributed by atoms with Crippen molar-refractivity contribution < 1.29 is 19.0 Å². The van der Waals surface area contributed by atoms with E-state index in [0.717, 1.165) is 0 Å². The molecule has 1 aliphatic heterocycles. The standard InChI is InChI=1S/C14H13N3O4/c1-19-14(18)10-4-8(15)6-16-13(10)17-9-2-3-11-12(5-9)21-7-20-11/h2-6H,7,15H2,1H3,(H,16,17). The fourth-order valence-electron chi connectivity index (χ4n) is 1.96. The quantitative estimate of drug-likeness (QED) is 0.832. The number of aromatic nitrogens is 1. The molecule has 0 bridgehead atoms. The number of carbonyl (C=O) groups excluding carboxylic acids is 1. The van der Waals surface area contributed by atoms with Gasteiger partial charge in [-0.15, -0.1) is 0 Å². The van der Waals surface area contributed by atoms with Crippen LogP contribution in [0.1, 0.15) is 10.4 Å². The Morgan fingerprint density at radius 3 is 2.95 bits per heavy atom. The van der Waals surface area contributed by atoms with Gasteiger partial charge in [-0.25, -0.2) is 9.78 Å². The Kier molecular flexibility index (Phi) is 3.23. The number of esters is 1. The van der Waals surface area contributed by atoms with Gasteiger partial charge in [-0.05, 0) is 18.2 Å². The molecule has 2 heterocycles. The maximum atomic E-state index is 11.8. The van der Waals surface area contributed by atoms with Crippen LogP contribution >= 0.6 is 0 Å². The Balaban J connectivity index is 1.92. The van der Waals surface area contributed by atoms with Crippen molar-refractivity contribution in [3.05, 3.63) is 36.0 Å². The first kappa shape index (κ1) is 13.0. The predicted molar refractivity (Wildman–Crippen MR) is 75.8 cm³/mol. The van der Waals surface area contributed by atoms with Crippen LogP contribution in [-0.2, 0) is 4.74 Å². The summed E-state index contributed by atoms with van der Waals surface area (Å²) in [6, 6.07) is 6.85. The van der Waals surface area contributed by atoms with Gasteiger partial charge in [-0.3, -0.25) is 0 Å². The molecule has 7 nitrogen and oxygen atoms in total. The molecule has 1 aromatic heterocycles. The van der Waals surface area contributed by atoms with Gasteiger partial charge in [0.2, 0.25) is 6.79 Å². The number of nitrogens with one attached hydrogen (secondary N) is 1. The van der Waals surface area contributed by atoms with Crippen LogP contribution < -0.4 is 20.5 Å². The number of fused-ring (bicyclic) bond motifs is 1. The lowest BCUT2D eigenvalue weighted by Gasteiger charge is -2.10.